The number of thiol groups is 1. The van der Waals surface area contributed by atoms with Crippen LogP contribution in [-0.2, 0) is 6.42 Å². The molecule has 0 aliphatic carbocycles. The van der Waals surface area contributed by atoms with E-state index in [9.17, 15) is 4.79 Å². The van der Waals surface area contributed by atoms with E-state index < -0.39 is 0 Å². The van der Waals surface area contributed by atoms with Crippen molar-refractivity contribution in [2.45, 2.75) is 24.3 Å². The molecule has 0 N–H and O–H groups in total. The first-order valence-corrected chi connectivity index (χ1v) is 7.66. The minimum atomic E-state index is 0.0975. The second-order valence-electron chi connectivity index (χ2n) is 4.77. The minimum Gasteiger partial charge on any atom is -0.331 e. The number of rotatable bonds is 1. The van der Waals surface area contributed by atoms with Crippen LogP contribution in [0.5, 0.6) is 0 Å². The molecular formula is C15H15NOS2. The molecule has 1 aromatic carbocycles. The molecule has 0 bridgehead atoms. The van der Waals surface area contributed by atoms with E-state index in [2.05, 4.69) is 31.0 Å². The van der Waals surface area contributed by atoms with Crippen molar-refractivity contribution in [2.75, 3.05) is 6.54 Å². The van der Waals surface area contributed by atoms with E-state index in [0.717, 1.165) is 23.4 Å². The molecule has 98 valence electrons. The van der Waals surface area contributed by atoms with Gasteiger partial charge in [0.25, 0.3) is 5.91 Å². The molecule has 1 aromatic heterocycles. The number of hydrogen-bond donors (Lipinski definition) is 1. The molecule has 2 heterocycles. The molecule has 0 spiro atoms. The SMILES string of the molecule is CC1c2ccsc2CCN1C(=O)c1cccc(S)c1. The van der Waals surface area contributed by atoms with Gasteiger partial charge < -0.3 is 4.90 Å². The Morgan fingerprint density at radius 3 is 3.05 bits per heavy atom. The van der Waals surface area contributed by atoms with Gasteiger partial charge in [-0.25, -0.2) is 0 Å². The first-order chi connectivity index (χ1) is 9.16. The van der Waals surface area contributed by atoms with Crippen molar-refractivity contribution in [3.8, 4) is 0 Å². The Morgan fingerprint density at radius 1 is 1.42 bits per heavy atom. The molecule has 0 saturated heterocycles. The van der Waals surface area contributed by atoms with E-state index in [0.29, 0.717) is 0 Å². The average Bonchev–Trinajstić information content (AvgIpc) is 2.88. The lowest BCUT2D eigenvalue weighted by Gasteiger charge is -2.33. The van der Waals surface area contributed by atoms with Crippen LogP contribution in [0.4, 0.5) is 0 Å². The smallest absolute Gasteiger partial charge is 0.254 e. The van der Waals surface area contributed by atoms with Gasteiger partial charge in [0.05, 0.1) is 6.04 Å². The van der Waals surface area contributed by atoms with Crippen LogP contribution < -0.4 is 0 Å². The Morgan fingerprint density at radius 2 is 2.26 bits per heavy atom. The number of fused-ring (bicyclic) bond motifs is 1. The van der Waals surface area contributed by atoms with Crippen molar-refractivity contribution in [1.29, 1.82) is 0 Å². The third-order valence-electron chi connectivity index (χ3n) is 3.63. The van der Waals surface area contributed by atoms with Crippen LogP contribution in [0.25, 0.3) is 0 Å². The predicted molar refractivity (Wildman–Crippen MR) is 81.2 cm³/mol. The maximum atomic E-state index is 12.6. The lowest BCUT2D eigenvalue weighted by molar-refractivity contribution is 0.0679. The van der Waals surface area contributed by atoms with Gasteiger partial charge in [0.15, 0.2) is 0 Å². The maximum Gasteiger partial charge on any atom is 0.254 e. The summed E-state index contributed by atoms with van der Waals surface area (Å²) in [5.41, 5.74) is 2.02. The van der Waals surface area contributed by atoms with E-state index in [1.807, 2.05) is 29.2 Å². The predicted octanol–water partition coefficient (Wildman–Crippen LogP) is 3.80. The molecule has 1 aliphatic rings. The number of benzene rings is 1. The first kappa shape index (κ1) is 12.8. The number of carbonyl (C=O) groups is 1. The van der Waals surface area contributed by atoms with Gasteiger partial charge in [-0.15, -0.1) is 24.0 Å². The monoisotopic (exact) mass is 289 g/mol. The van der Waals surface area contributed by atoms with Crippen LogP contribution in [-0.4, -0.2) is 17.4 Å². The first-order valence-electron chi connectivity index (χ1n) is 6.33. The zero-order valence-corrected chi connectivity index (χ0v) is 12.4. The zero-order valence-electron chi connectivity index (χ0n) is 10.7. The van der Waals surface area contributed by atoms with Crippen LogP contribution in [0.1, 0.15) is 33.8 Å². The van der Waals surface area contributed by atoms with E-state index >= 15 is 0 Å². The largest absolute Gasteiger partial charge is 0.331 e. The third-order valence-corrected chi connectivity index (χ3v) is 4.91. The Kier molecular flexibility index (Phi) is 3.37. The van der Waals surface area contributed by atoms with Crippen LogP contribution >= 0.6 is 24.0 Å². The third kappa shape index (κ3) is 2.30. The Bertz CT molecular complexity index is 620. The van der Waals surface area contributed by atoms with Crippen LogP contribution in [0.3, 0.4) is 0 Å². The highest BCUT2D eigenvalue weighted by Gasteiger charge is 2.28. The van der Waals surface area contributed by atoms with Crippen molar-refractivity contribution in [1.82, 2.24) is 4.90 Å². The summed E-state index contributed by atoms with van der Waals surface area (Å²) in [4.78, 5) is 16.8. The summed E-state index contributed by atoms with van der Waals surface area (Å²) in [5, 5.41) is 2.11. The van der Waals surface area contributed by atoms with Crippen LogP contribution in [0.2, 0.25) is 0 Å². The highest BCUT2D eigenvalue weighted by Crippen LogP contribution is 2.33. The molecule has 3 rings (SSSR count). The zero-order chi connectivity index (χ0) is 13.4. The van der Waals surface area contributed by atoms with Gasteiger partial charge in [-0.2, -0.15) is 0 Å². The van der Waals surface area contributed by atoms with Crippen LogP contribution in [0.15, 0.2) is 40.6 Å². The molecule has 1 aliphatic heterocycles. The van der Waals surface area contributed by atoms with E-state index in [1.54, 1.807) is 11.3 Å². The van der Waals surface area contributed by atoms with Crippen LogP contribution in [0, 0.1) is 0 Å². The number of thiophene rings is 1. The van der Waals surface area contributed by atoms with E-state index in [-0.39, 0.29) is 11.9 Å². The van der Waals surface area contributed by atoms with Crippen molar-refractivity contribution in [3.05, 3.63) is 51.7 Å². The maximum absolute atomic E-state index is 12.6. The highest BCUT2D eigenvalue weighted by molar-refractivity contribution is 7.80. The summed E-state index contributed by atoms with van der Waals surface area (Å²) in [6.45, 7) is 2.90. The summed E-state index contributed by atoms with van der Waals surface area (Å²) < 4.78 is 0. The number of hydrogen-bond acceptors (Lipinski definition) is 3. The van der Waals surface area contributed by atoms with Crippen molar-refractivity contribution < 1.29 is 4.79 Å². The molecule has 4 heteroatoms. The number of nitrogens with zero attached hydrogens (tertiary/aromatic N) is 1. The fraction of sp³-hybridized carbons (Fsp3) is 0.267. The fourth-order valence-electron chi connectivity index (χ4n) is 2.59. The van der Waals surface area contributed by atoms with Gasteiger partial charge in [-0.1, -0.05) is 6.07 Å². The topological polar surface area (TPSA) is 20.3 Å². The van der Waals surface area contributed by atoms with Gasteiger partial charge in [0, 0.05) is 21.9 Å². The fourth-order valence-corrected chi connectivity index (χ4v) is 3.78. The average molecular weight is 289 g/mol. The molecule has 0 radical (unpaired) electrons. The summed E-state index contributed by atoms with van der Waals surface area (Å²) in [5.74, 6) is 0.0975. The van der Waals surface area contributed by atoms with Crippen molar-refractivity contribution in [2.24, 2.45) is 0 Å². The molecule has 1 amide bonds. The Labute approximate surface area is 122 Å². The molecular weight excluding hydrogens is 274 g/mol. The molecule has 2 aromatic rings. The molecule has 0 fully saturated rings. The van der Waals surface area contributed by atoms with Gasteiger partial charge in [0.2, 0.25) is 0 Å². The Hall–Kier alpha value is -1.26. The quantitative estimate of drug-likeness (QED) is 0.792. The van der Waals surface area contributed by atoms with E-state index in [1.165, 1.54) is 10.4 Å². The number of amides is 1. The summed E-state index contributed by atoms with van der Waals surface area (Å²) >= 11 is 6.09. The van der Waals surface area contributed by atoms with Crippen molar-refractivity contribution in [3.63, 3.8) is 0 Å². The van der Waals surface area contributed by atoms with Gasteiger partial charge in [-0.3, -0.25) is 4.79 Å². The summed E-state index contributed by atoms with van der Waals surface area (Å²) in [6, 6.07) is 9.75. The number of carbonyl (C=O) groups excluding carboxylic acids is 1. The molecule has 19 heavy (non-hydrogen) atoms. The molecule has 1 atom stereocenters. The summed E-state index contributed by atoms with van der Waals surface area (Å²) in [6.07, 6.45) is 0.962. The Balaban J connectivity index is 1.90. The normalized spacial score (nSPS) is 18.2. The lowest BCUT2D eigenvalue weighted by atomic mass is 10.0. The lowest BCUT2D eigenvalue weighted by Crippen LogP contribution is -2.38. The second kappa shape index (κ2) is 5.02. The molecule has 0 saturated carbocycles. The molecule has 1 unspecified atom stereocenters. The van der Waals surface area contributed by atoms with Crippen molar-refractivity contribution >= 4 is 29.9 Å². The van der Waals surface area contributed by atoms with Gasteiger partial charge >= 0.3 is 0 Å². The van der Waals surface area contributed by atoms with E-state index in [4.69, 9.17) is 0 Å². The van der Waals surface area contributed by atoms with Gasteiger partial charge in [-0.05, 0) is 48.6 Å². The molecule has 2 nitrogen and oxygen atoms in total. The second-order valence-corrected chi connectivity index (χ2v) is 6.29. The summed E-state index contributed by atoms with van der Waals surface area (Å²) in [7, 11) is 0. The van der Waals surface area contributed by atoms with Gasteiger partial charge in [0.1, 0.15) is 0 Å². The highest BCUT2D eigenvalue weighted by atomic mass is 32.1. The minimum absolute atomic E-state index is 0.0975. The standard InChI is InChI=1S/C15H15NOS2/c1-10-13-6-8-19-14(13)5-7-16(10)15(17)11-3-2-4-12(18)9-11/h2-4,6,8-10,18H,5,7H2,1H3.